The molecule has 0 spiro atoms. The van der Waals surface area contributed by atoms with E-state index in [1.54, 1.807) is 18.3 Å². The lowest BCUT2D eigenvalue weighted by Gasteiger charge is -2.33. The maximum Gasteiger partial charge on any atom is 0.264 e. The van der Waals surface area contributed by atoms with Crippen molar-refractivity contribution >= 4 is 18.4 Å². The molecule has 1 saturated heterocycles. The van der Waals surface area contributed by atoms with Crippen LogP contribution in [0.1, 0.15) is 36.4 Å². The van der Waals surface area contributed by atoms with Gasteiger partial charge in [-0.2, -0.15) is 5.10 Å². The number of para-hydroxylation sites is 1. The molecule has 2 aromatic heterocycles. The standard InChI is InChI=1S/C21H21N5O2S/c27-19-17(20(28)26(21(29)24-19)16-8-2-1-3-9-16)14-23-25-12-5-4-10-18(25)15-7-6-11-22-13-15/h1-3,6-9,11,13-14,18,28H,4-5,10,12H2,(H,24,27,29)/b23-14+/t18-/m1/s1. The topological polar surface area (TPSA) is 86.5 Å². The third kappa shape index (κ3) is 3.97. The summed E-state index contributed by atoms with van der Waals surface area (Å²) in [6, 6.07) is 13.2. The number of piperidine rings is 1. The summed E-state index contributed by atoms with van der Waals surface area (Å²) in [5.74, 6) is -0.233. The van der Waals surface area contributed by atoms with E-state index in [1.165, 1.54) is 10.8 Å². The van der Waals surface area contributed by atoms with Crippen LogP contribution in [0.4, 0.5) is 0 Å². The van der Waals surface area contributed by atoms with Crippen molar-refractivity contribution in [3.8, 4) is 11.6 Å². The molecule has 1 aromatic carbocycles. The number of hydrazone groups is 1. The average molecular weight is 407 g/mol. The van der Waals surface area contributed by atoms with Gasteiger partial charge in [-0.3, -0.25) is 24.3 Å². The molecule has 0 amide bonds. The van der Waals surface area contributed by atoms with Crippen molar-refractivity contribution in [1.29, 1.82) is 0 Å². The quantitative estimate of drug-likeness (QED) is 0.510. The van der Waals surface area contributed by atoms with E-state index in [2.05, 4.69) is 15.1 Å². The number of H-pyrrole nitrogens is 1. The van der Waals surface area contributed by atoms with Gasteiger partial charge in [0.25, 0.3) is 5.56 Å². The molecule has 3 aromatic rings. The molecule has 1 aliphatic heterocycles. The molecular formula is C21H21N5O2S. The van der Waals surface area contributed by atoms with E-state index in [0.717, 1.165) is 31.4 Å². The lowest BCUT2D eigenvalue weighted by Crippen LogP contribution is -2.29. The van der Waals surface area contributed by atoms with Gasteiger partial charge in [-0.15, -0.1) is 0 Å². The predicted octanol–water partition coefficient (Wildman–Crippen LogP) is 3.56. The van der Waals surface area contributed by atoms with Crippen molar-refractivity contribution in [2.75, 3.05) is 6.54 Å². The van der Waals surface area contributed by atoms with Crippen LogP contribution in [0.2, 0.25) is 0 Å². The minimum atomic E-state index is -0.474. The van der Waals surface area contributed by atoms with Crippen LogP contribution in [0, 0.1) is 4.77 Å². The Labute approximate surface area is 173 Å². The first kappa shape index (κ1) is 19.1. The highest BCUT2D eigenvalue weighted by Crippen LogP contribution is 2.30. The van der Waals surface area contributed by atoms with E-state index in [4.69, 9.17) is 12.2 Å². The van der Waals surface area contributed by atoms with Gasteiger partial charge in [0, 0.05) is 18.9 Å². The molecule has 4 rings (SSSR count). The Kier molecular flexibility index (Phi) is 5.53. The molecule has 7 nitrogen and oxygen atoms in total. The highest BCUT2D eigenvalue weighted by molar-refractivity contribution is 7.71. The zero-order valence-corrected chi connectivity index (χ0v) is 16.5. The molecule has 0 radical (unpaired) electrons. The molecule has 148 valence electrons. The maximum absolute atomic E-state index is 12.5. The van der Waals surface area contributed by atoms with Crippen LogP contribution in [0.25, 0.3) is 5.69 Å². The van der Waals surface area contributed by atoms with Gasteiger partial charge in [-0.1, -0.05) is 24.3 Å². The van der Waals surface area contributed by atoms with Crippen LogP contribution in [0.5, 0.6) is 5.88 Å². The zero-order chi connectivity index (χ0) is 20.2. The molecule has 1 aliphatic rings. The Morgan fingerprint density at radius 3 is 2.79 bits per heavy atom. The number of rotatable bonds is 4. The summed E-state index contributed by atoms with van der Waals surface area (Å²) in [6.07, 6.45) is 8.09. The van der Waals surface area contributed by atoms with Gasteiger partial charge in [0.2, 0.25) is 5.88 Å². The van der Waals surface area contributed by atoms with Gasteiger partial charge >= 0.3 is 0 Å². The van der Waals surface area contributed by atoms with E-state index in [9.17, 15) is 9.90 Å². The Morgan fingerprint density at radius 2 is 2.03 bits per heavy atom. The number of aromatic hydroxyl groups is 1. The Hall–Kier alpha value is -3.26. The number of benzene rings is 1. The summed E-state index contributed by atoms with van der Waals surface area (Å²) < 4.78 is 1.55. The summed E-state index contributed by atoms with van der Waals surface area (Å²) in [6.45, 7) is 0.770. The first-order valence-electron chi connectivity index (χ1n) is 9.49. The van der Waals surface area contributed by atoms with Crippen LogP contribution in [0.3, 0.4) is 0 Å². The summed E-state index contributed by atoms with van der Waals surface area (Å²) in [5, 5.41) is 17.3. The van der Waals surface area contributed by atoms with Crippen LogP contribution in [-0.2, 0) is 0 Å². The third-order valence-corrected chi connectivity index (χ3v) is 5.30. The summed E-state index contributed by atoms with van der Waals surface area (Å²) in [5.41, 5.74) is 1.34. The Morgan fingerprint density at radius 1 is 1.21 bits per heavy atom. The number of aromatic amines is 1. The van der Waals surface area contributed by atoms with Crippen LogP contribution >= 0.6 is 12.2 Å². The van der Waals surface area contributed by atoms with Crippen molar-refractivity contribution in [2.45, 2.75) is 25.3 Å². The second-order valence-electron chi connectivity index (χ2n) is 6.87. The second kappa shape index (κ2) is 8.40. The van der Waals surface area contributed by atoms with Gasteiger partial charge in [-0.05, 0) is 55.2 Å². The molecule has 0 unspecified atom stereocenters. The monoisotopic (exact) mass is 407 g/mol. The van der Waals surface area contributed by atoms with E-state index < -0.39 is 5.56 Å². The third-order valence-electron chi connectivity index (χ3n) is 5.01. The molecule has 1 fully saturated rings. The molecule has 29 heavy (non-hydrogen) atoms. The SMILES string of the molecule is O=c1[nH]c(=S)n(-c2ccccc2)c(O)c1/C=N/N1CCCC[C@@H]1c1cccnc1. The Balaban J connectivity index is 1.71. The van der Waals surface area contributed by atoms with Crippen LogP contribution < -0.4 is 5.56 Å². The van der Waals surface area contributed by atoms with Crippen molar-refractivity contribution < 1.29 is 5.11 Å². The van der Waals surface area contributed by atoms with Crippen molar-refractivity contribution in [1.82, 2.24) is 19.5 Å². The lowest BCUT2D eigenvalue weighted by atomic mass is 9.98. The van der Waals surface area contributed by atoms with Gasteiger partial charge < -0.3 is 5.11 Å². The average Bonchev–Trinajstić information content (AvgIpc) is 2.75. The fourth-order valence-electron chi connectivity index (χ4n) is 3.57. The van der Waals surface area contributed by atoms with E-state index in [1.807, 2.05) is 41.5 Å². The largest absolute Gasteiger partial charge is 0.494 e. The summed E-state index contributed by atoms with van der Waals surface area (Å²) in [4.78, 5) is 19.3. The molecule has 0 bridgehead atoms. The number of hydrogen-bond donors (Lipinski definition) is 2. The number of pyridine rings is 1. The van der Waals surface area contributed by atoms with E-state index in [0.29, 0.717) is 5.69 Å². The smallest absolute Gasteiger partial charge is 0.264 e. The minimum Gasteiger partial charge on any atom is -0.494 e. The number of nitrogens with one attached hydrogen (secondary N) is 1. The number of nitrogens with zero attached hydrogens (tertiary/aromatic N) is 4. The molecule has 0 aliphatic carbocycles. The van der Waals surface area contributed by atoms with Gasteiger partial charge in [0.15, 0.2) is 4.77 Å². The van der Waals surface area contributed by atoms with Crippen molar-refractivity contribution in [2.24, 2.45) is 5.10 Å². The molecule has 8 heteroatoms. The maximum atomic E-state index is 12.5. The predicted molar refractivity (Wildman–Crippen MR) is 114 cm³/mol. The van der Waals surface area contributed by atoms with Gasteiger partial charge in [0.1, 0.15) is 5.56 Å². The van der Waals surface area contributed by atoms with Gasteiger partial charge in [0.05, 0.1) is 17.9 Å². The minimum absolute atomic E-state index is 0.0676. The molecule has 3 heterocycles. The zero-order valence-electron chi connectivity index (χ0n) is 15.7. The van der Waals surface area contributed by atoms with Crippen LogP contribution in [0.15, 0.2) is 64.8 Å². The highest BCUT2D eigenvalue weighted by atomic mass is 32.1. The summed E-state index contributed by atoms with van der Waals surface area (Å²) >= 11 is 5.25. The second-order valence-corrected chi connectivity index (χ2v) is 7.26. The fourth-order valence-corrected chi connectivity index (χ4v) is 3.85. The normalized spacial score (nSPS) is 17.0. The van der Waals surface area contributed by atoms with Crippen molar-refractivity contribution in [3.05, 3.63) is 81.1 Å². The first-order chi connectivity index (χ1) is 14.1. The molecular weight excluding hydrogens is 386 g/mol. The fraction of sp³-hybridized carbons (Fsp3) is 0.238. The summed E-state index contributed by atoms with van der Waals surface area (Å²) in [7, 11) is 0. The lowest BCUT2D eigenvalue weighted by molar-refractivity contribution is 0.156. The highest BCUT2D eigenvalue weighted by Gasteiger charge is 2.23. The molecule has 2 N–H and O–H groups in total. The van der Waals surface area contributed by atoms with Gasteiger partial charge in [-0.25, -0.2) is 0 Å². The van der Waals surface area contributed by atoms with E-state index in [-0.39, 0.29) is 22.3 Å². The number of aromatic nitrogens is 3. The van der Waals surface area contributed by atoms with E-state index >= 15 is 0 Å². The number of hydrogen-bond acceptors (Lipinski definition) is 6. The first-order valence-corrected chi connectivity index (χ1v) is 9.90. The Bertz CT molecular complexity index is 1130. The molecule has 1 atom stereocenters. The van der Waals surface area contributed by atoms with Crippen molar-refractivity contribution in [3.63, 3.8) is 0 Å². The molecule has 0 saturated carbocycles. The van der Waals surface area contributed by atoms with Crippen LogP contribution in [-0.4, -0.2) is 37.4 Å².